The summed E-state index contributed by atoms with van der Waals surface area (Å²) in [5.74, 6) is 1.63. The molecule has 3 heteroatoms. The first-order valence-electron chi connectivity index (χ1n) is 4.77. The van der Waals surface area contributed by atoms with Crippen molar-refractivity contribution in [3.05, 3.63) is 17.2 Å². The molecule has 1 rings (SSSR count). The van der Waals surface area contributed by atoms with Crippen molar-refractivity contribution in [3.63, 3.8) is 0 Å². The highest BCUT2D eigenvalue weighted by Crippen LogP contribution is 2.13. The van der Waals surface area contributed by atoms with E-state index in [0.29, 0.717) is 12.5 Å². The normalized spacial score (nSPS) is 11.2. The van der Waals surface area contributed by atoms with Crippen LogP contribution in [0.15, 0.2) is 0 Å². The van der Waals surface area contributed by atoms with Gasteiger partial charge < -0.3 is 10.3 Å². The molecule has 1 heterocycles. The highest BCUT2D eigenvalue weighted by atomic mass is 15.1. The van der Waals surface area contributed by atoms with E-state index >= 15 is 0 Å². The second kappa shape index (κ2) is 3.92. The lowest BCUT2D eigenvalue weighted by Crippen LogP contribution is -2.05. The summed E-state index contributed by atoms with van der Waals surface area (Å²) in [5.41, 5.74) is 8.02. The zero-order chi connectivity index (χ0) is 10.0. The van der Waals surface area contributed by atoms with Gasteiger partial charge in [-0.05, 0) is 19.3 Å². The molecule has 0 aromatic carbocycles. The van der Waals surface area contributed by atoms with E-state index in [1.165, 1.54) is 11.4 Å². The van der Waals surface area contributed by atoms with E-state index in [4.69, 9.17) is 5.73 Å². The highest BCUT2D eigenvalue weighted by molar-refractivity contribution is 5.15. The molecular formula is C10H19N3. The number of nitrogens with two attached hydrogens (primary N) is 1. The summed E-state index contributed by atoms with van der Waals surface area (Å²) in [6.07, 6.45) is 1.04. The zero-order valence-corrected chi connectivity index (χ0v) is 8.96. The third-order valence-corrected chi connectivity index (χ3v) is 2.36. The van der Waals surface area contributed by atoms with Gasteiger partial charge in [0.25, 0.3) is 0 Å². The maximum absolute atomic E-state index is 5.58. The topological polar surface area (TPSA) is 43.8 Å². The average Bonchev–Trinajstić information content (AvgIpc) is 2.32. The molecule has 0 aliphatic carbocycles. The Hall–Kier alpha value is -0.830. The molecule has 1 aromatic rings. The van der Waals surface area contributed by atoms with Crippen molar-refractivity contribution in [1.82, 2.24) is 9.55 Å². The molecule has 0 atom stereocenters. The Bertz CT molecular complexity index is 287. The Morgan fingerprint density at radius 3 is 2.46 bits per heavy atom. The maximum atomic E-state index is 5.58. The molecule has 0 unspecified atom stereocenters. The minimum atomic E-state index is 0.523. The molecule has 0 fully saturated rings. The Morgan fingerprint density at radius 1 is 1.46 bits per heavy atom. The molecule has 0 spiro atoms. The molecule has 13 heavy (non-hydrogen) atoms. The van der Waals surface area contributed by atoms with Crippen molar-refractivity contribution in [2.75, 3.05) is 0 Å². The standard InChI is InChI=1S/C10H19N3/c1-7(2)5-9-8(3)13(4)10(6-11)12-9/h7H,5-6,11H2,1-4H3. The zero-order valence-electron chi connectivity index (χ0n) is 8.96. The first kappa shape index (κ1) is 10.3. The van der Waals surface area contributed by atoms with Gasteiger partial charge in [-0.1, -0.05) is 13.8 Å². The largest absolute Gasteiger partial charge is 0.334 e. The maximum Gasteiger partial charge on any atom is 0.122 e. The van der Waals surface area contributed by atoms with Crippen LogP contribution >= 0.6 is 0 Å². The second-order valence-electron chi connectivity index (χ2n) is 3.92. The lowest BCUT2D eigenvalue weighted by molar-refractivity contribution is 0.633. The summed E-state index contributed by atoms with van der Waals surface area (Å²) in [5, 5.41) is 0. The van der Waals surface area contributed by atoms with Crippen LogP contribution < -0.4 is 5.73 Å². The van der Waals surface area contributed by atoms with E-state index in [0.717, 1.165) is 12.2 Å². The van der Waals surface area contributed by atoms with Crippen LogP contribution in [0.25, 0.3) is 0 Å². The predicted octanol–water partition coefficient (Wildman–Crippen LogP) is 1.39. The van der Waals surface area contributed by atoms with Gasteiger partial charge in [-0.3, -0.25) is 0 Å². The van der Waals surface area contributed by atoms with Gasteiger partial charge in [0.05, 0.1) is 12.2 Å². The predicted molar refractivity (Wildman–Crippen MR) is 54.4 cm³/mol. The average molecular weight is 181 g/mol. The van der Waals surface area contributed by atoms with Crippen LogP contribution in [-0.4, -0.2) is 9.55 Å². The Labute approximate surface area is 80.0 Å². The molecule has 0 aliphatic rings. The molecule has 0 aliphatic heterocycles. The summed E-state index contributed by atoms with van der Waals surface area (Å²) in [7, 11) is 2.02. The van der Waals surface area contributed by atoms with Crippen LogP contribution in [0.3, 0.4) is 0 Å². The fourth-order valence-electron chi connectivity index (χ4n) is 1.46. The third-order valence-electron chi connectivity index (χ3n) is 2.36. The molecule has 74 valence electrons. The number of nitrogens with zero attached hydrogens (tertiary/aromatic N) is 2. The molecule has 0 saturated heterocycles. The lowest BCUT2D eigenvalue weighted by Gasteiger charge is -2.02. The van der Waals surface area contributed by atoms with Gasteiger partial charge in [-0.25, -0.2) is 4.98 Å². The van der Waals surface area contributed by atoms with E-state index in [-0.39, 0.29) is 0 Å². The molecule has 2 N–H and O–H groups in total. The molecule has 0 amide bonds. The minimum Gasteiger partial charge on any atom is -0.334 e. The Balaban J connectivity index is 2.95. The van der Waals surface area contributed by atoms with Gasteiger partial charge in [0.15, 0.2) is 0 Å². The summed E-state index contributed by atoms with van der Waals surface area (Å²) in [6.45, 7) is 7.03. The summed E-state index contributed by atoms with van der Waals surface area (Å²) >= 11 is 0. The van der Waals surface area contributed by atoms with Gasteiger partial charge in [0.2, 0.25) is 0 Å². The van der Waals surface area contributed by atoms with Gasteiger partial charge >= 0.3 is 0 Å². The van der Waals surface area contributed by atoms with Crippen molar-refractivity contribution in [2.45, 2.75) is 33.7 Å². The molecule has 0 saturated carbocycles. The fourth-order valence-corrected chi connectivity index (χ4v) is 1.46. The Morgan fingerprint density at radius 2 is 2.08 bits per heavy atom. The fraction of sp³-hybridized carbons (Fsp3) is 0.700. The van der Waals surface area contributed by atoms with Gasteiger partial charge in [-0.2, -0.15) is 0 Å². The van der Waals surface area contributed by atoms with E-state index in [2.05, 4.69) is 30.3 Å². The van der Waals surface area contributed by atoms with Crippen LogP contribution in [-0.2, 0) is 20.0 Å². The Kier molecular flexibility index (Phi) is 3.09. The first-order valence-corrected chi connectivity index (χ1v) is 4.77. The van der Waals surface area contributed by atoms with Crippen LogP contribution in [0.2, 0.25) is 0 Å². The highest BCUT2D eigenvalue weighted by Gasteiger charge is 2.10. The number of aromatic nitrogens is 2. The SMILES string of the molecule is Cc1c(CC(C)C)nc(CN)n1C. The minimum absolute atomic E-state index is 0.523. The van der Waals surface area contributed by atoms with Crippen molar-refractivity contribution in [3.8, 4) is 0 Å². The molecule has 0 bridgehead atoms. The molecule has 0 radical (unpaired) electrons. The second-order valence-corrected chi connectivity index (χ2v) is 3.92. The van der Waals surface area contributed by atoms with Crippen molar-refractivity contribution in [2.24, 2.45) is 18.7 Å². The number of imidazole rings is 1. The molecule has 1 aromatic heterocycles. The van der Waals surface area contributed by atoms with Crippen LogP contribution in [0.5, 0.6) is 0 Å². The van der Waals surface area contributed by atoms with Gasteiger partial charge in [0.1, 0.15) is 5.82 Å². The summed E-state index contributed by atoms with van der Waals surface area (Å²) in [6, 6.07) is 0. The summed E-state index contributed by atoms with van der Waals surface area (Å²) < 4.78 is 2.08. The lowest BCUT2D eigenvalue weighted by atomic mass is 10.1. The van der Waals surface area contributed by atoms with Crippen molar-refractivity contribution >= 4 is 0 Å². The first-order chi connectivity index (χ1) is 6.06. The third kappa shape index (κ3) is 2.10. The number of hydrogen-bond acceptors (Lipinski definition) is 2. The van der Waals surface area contributed by atoms with Crippen LogP contribution in [0.1, 0.15) is 31.1 Å². The van der Waals surface area contributed by atoms with E-state index in [1.54, 1.807) is 0 Å². The van der Waals surface area contributed by atoms with Gasteiger partial charge in [0, 0.05) is 12.7 Å². The molecular weight excluding hydrogens is 162 g/mol. The van der Waals surface area contributed by atoms with Crippen molar-refractivity contribution in [1.29, 1.82) is 0 Å². The van der Waals surface area contributed by atoms with E-state index in [9.17, 15) is 0 Å². The van der Waals surface area contributed by atoms with E-state index < -0.39 is 0 Å². The number of rotatable bonds is 3. The monoisotopic (exact) mass is 181 g/mol. The quantitative estimate of drug-likeness (QED) is 0.765. The number of hydrogen-bond donors (Lipinski definition) is 1. The smallest absolute Gasteiger partial charge is 0.122 e. The van der Waals surface area contributed by atoms with Crippen LogP contribution in [0, 0.1) is 12.8 Å². The molecule has 3 nitrogen and oxygen atoms in total. The van der Waals surface area contributed by atoms with Crippen LogP contribution in [0.4, 0.5) is 0 Å². The summed E-state index contributed by atoms with van der Waals surface area (Å²) in [4.78, 5) is 4.51. The van der Waals surface area contributed by atoms with E-state index in [1.807, 2.05) is 7.05 Å². The van der Waals surface area contributed by atoms with Gasteiger partial charge in [-0.15, -0.1) is 0 Å². The van der Waals surface area contributed by atoms with Crippen molar-refractivity contribution < 1.29 is 0 Å².